The van der Waals surface area contributed by atoms with Crippen LogP contribution in [-0.4, -0.2) is 33.9 Å². The third kappa shape index (κ3) is 4.14. The minimum atomic E-state index is -0.0141. The second-order valence-electron chi connectivity index (χ2n) is 7.82. The van der Waals surface area contributed by atoms with Gasteiger partial charge >= 0.3 is 0 Å². The maximum Gasteiger partial charge on any atom is 0.229 e. The number of aromatic nitrogens is 3. The molecule has 6 nitrogen and oxygen atoms in total. The maximum atomic E-state index is 12.8. The van der Waals surface area contributed by atoms with Crippen molar-refractivity contribution in [1.82, 2.24) is 15.0 Å². The molecule has 1 amide bonds. The maximum absolute atomic E-state index is 12.8. The predicted octanol–water partition coefficient (Wildman–Crippen LogP) is 4.92. The highest BCUT2D eigenvalue weighted by Gasteiger charge is 2.26. The topological polar surface area (TPSA) is 71.0 Å². The molecule has 3 heterocycles. The van der Waals surface area contributed by atoms with Crippen molar-refractivity contribution < 1.29 is 4.79 Å². The quantitative estimate of drug-likeness (QED) is 0.499. The molecule has 7 heteroatoms. The Morgan fingerprint density at radius 1 is 1.06 bits per heavy atom. The van der Waals surface area contributed by atoms with Crippen LogP contribution in [0, 0.1) is 12.8 Å². The third-order valence-electron chi connectivity index (χ3n) is 5.76. The summed E-state index contributed by atoms with van der Waals surface area (Å²) < 4.78 is 1.10. The molecule has 2 aromatic heterocycles. The Bertz CT molecular complexity index is 1220. The van der Waals surface area contributed by atoms with Crippen molar-refractivity contribution in [3.8, 4) is 11.3 Å². The Morgan fingerprint density at radius 3 is 2.65 bits per heavy atom. The summed E-state index contributed by atoms with van der Waals surface area (Å²) in [5.41, 5.74) is 4.08. The fraction of sp³-hybridized carbons (Fsp3) is 0.250. The second kappa shape index (κ2) is 8.43. The van der Waals surface area contributed by atoms with E-state index in [1.807, 2.05) is 61.5 Å². The summed E-state index contributed by atoms with van der Waals surface area (Å²) in [6.07, 6.45) is 3.20. The van der Waals surface area contributed by atoms with E-state index in [4.69, 9.17) is 0 Å². The molecule has 0 aliphatic carbocycles. The molecule has 4 aromatic rings. The summed E-state index contributed by atoms with van der Waals surface area (Å²) in [5.74, 6) is 0.957. The molecule has 1 fully saturated rings. The van der Waals surface area contributed by atoms with Gasteiger partial charge in [-0.05, 0) is 31.4 Å². The summed E-state index contributed by atoms with van der Waals surface area (Å²) in [6.45, 7) is 3.63. The van der Waals surface area contributed by atoms with Crippen molar-refractivity contribution in [3.63, 3.8) is 0 Å². The lowest BCUT2D eigenvalue weighted by Gasteiger charge is -2.32. The molecule has 31 heavy (non-hydrogen) atoms. The van der Waals surface area contributed by atoms with Crippen LogP contribution in [0.3, 0.4) is 0 Å². The van der Waals surface area contributed by atoms with Crippen LogP contribution in [0.25, 0.3) is 21.5 Å². The fourth-order valence-corrected chi connectivity index (χ4v) is 4.95. The molecular weight excluding hydrogens is 406 g/mol. The molecule has 0 spiro atoms. The van der Waals surface area contributed by atoms with Gasteiger partial charge in [0.1, 0.15) is 12.1 Å². The SMILES string of the molecule is Cc1cccc2sc(NC(=O)C3CCN(c4cc(-c5ccccc5)ncn4)CC3)nc12. The van der Waals surface area contributed by atoms with Crippen molar-refractivity contribution in [1.29, 1.82) is 0 Å². The molecule has 1 aliphatic heterocycles. The van der Waals surface area contributed by atoms with E-state index in [9.17, 15) is 4.79 Å². The van der Waals surface area contributed by atoms with Crippen molar-refractivity contribution >= 4 is 38.4 Å². The Labute approximate surface area is 185 Å². The van der Waals surface area contributed by atoms with Gasteiger partial charge < -0.3 is 10.2 Å². The smallest absolute Gasteiger partial charge is 0.229 e. The van der Waals surface area contributed by atoms with Gasteiger partial charge in [0.25, 0.3) is 0 Å². The number of nitrogens with zero attached hydrogens (tertiary/aromatic N) is 4. The lowest BCUT2D eigenvalue weighted by molar-refractivity contribution is -0.120. The van der Waals surface area contributed by atoms with Crippen LogP contribution in [0.15, 0.2) is 60.9 Å². The van der Waals surface area contributed by atoms with Gasteiger partial charge in [-0.25, -0.2) is 15.0 Å². The number of benzene rings is 2. The Kier molecular flexibility index (Phi) is 5.34. The van der Waals surface area contributed by atoms with E-state index in [1.165, 1.54) is 11.3 Å². The second-order valence-corrected chi connectivity index (χ2v) is 8.85. The fourth-order valence-electron chi connectivity index (χ4n) is 4.00. The van der Waals surface area contributed by atoms with Gasteiger partial charge in [0, 0.05) is 30.6 Å². The molecule has 1 saturated heterocycles. The monoisotopic (exact) mass is 429 g/mol. The molecule has 0 saturated carbocycles. The number of rotatable bonds is 4. The number of amides is 1. The van der Waals surface area contributed by atoms with Crippen LogP contribution in [-0.2, 0) is 4.79 Å². The number of aryl methyl sites for hydroxylation is 1. The highest BCUT2D eigenvalue weighted by molar-refractivity contribution is 7.22. The number of anilines is 2. The van der Waals surface area contributed by atoms with Gasteiger partial charge in [-0.3, -0.25) is 4.79 Å². The molecule has 156 valence electrons. The van der Waals surface area contributed by atoms with Gasteiger partial charge in [-0.2, -0.15) is 0 Å². The van der Waals surface area contributed by atoms with Gasteiger partial charge in [-0.15, -0.1) is 0 Å². The van der Waals surface area contributed by atoms with E-state index >= 15 is 0 Å². The Morgan fingerprint density at radius 2 is 1.87 bits per heavy atom. The molecule has 0 radical (unpaired) electrons. The summed E-state index contributed by atoms with van der Waals surface area (Å²) in [4.78, 5) is 28.5. The number of nitrogens with one attached hydrogen (secondary N) is 1. The molecule has 1 N–H and O–H groups in total. The number of hydrogen-bond donors (Lipinski definition) is 1. The van der Waals surface area contributed by atoms with Crippen LogP contribution >= 0.6 is 11.3 Å². The number of thiazole rings is 1. The largest absolute Gasteiger partial charge is 0.356 e. The van der Waals surface area contributed by atoms with Crippen molar-refractivity contribution in [2.75, 3.05) is 23.3 Å². The lowest BCUT2D eigenvalue weighted by Crippen LogP contribution is -2.38. The zero-order chi connectivity index (χ0) is 21.2. The molecule has 0 bridgehead atoms. The molecule has 2 aromatic carbocycles. The Balaban J connectivity index is 1.23. The first-order valence-corrected chi connectivity index (χ1v) is 11.3. The summed E-state index contributed by atoms with van der Waals surface area (Å²) in [5, 5.41) is 3.72. The van der Waals surface area contributed by atoms with Crippen LogP contribution < -0.4 is 10.2 Å². The van der Waals surface area contributed by atoms with E-state index in [0.29, 0.717) is 5.13 Å². The van der Waals surface area contributed by atoms with Crippen LogP contribution in [0.2, 0.25) is 0 Å². The summed E-state index contributed by atoms with van der Waals surface area (Å²) >= 11 is 1.53. The van der Waals surface area contributed by atoms with Gasteiger partial charge in [0.05, 0.1) is 15.9 Å². The molecule has 0 atom stereocenters. The molecular formula is C24H23N5OS. The number of para-hydroxylation sites is 1. The van der Waals surface area contributed by atoms with E-state index in [1.54, 1.807) is 6.33 Å². The lowest BCUT2D eigenvalue weighted by atomic mass is 9.96. The van der Waals surface area contributed by atoms with Gasteiger partial charge in [0.2, 0.25) is 5.91 Å². The average molecular weight is 430 g/mol. The van der Waals surface area contributed by atoms with Crippen molar-refractivity contribution in [2.24, 2.45) is 5.92 Å². The van der Waals surface area contributed by atoms with Crippen LogP contribution in [0.5, 0.6) is 0 Å². The van der Waals surface area contributed by atoms with E-state index in [0.717, 1.165) is 58.8 Å². The predicted molar refractivity (Wildman–Crippen MR) is 125 cm³/mol. The van der Waals surface area contributed by atoms with Crippen molar-refractivity contribution in [2.45, 2.75) is 19.8 Å². The molecule has 5 rings (SSSR count). The number of carbonyl (C=O) groups is 1. The highest BCUT2D eigenvalue weighted by atomic mass is 32.1. The van der Waals surface area contributed by atoms with Crippen molar-refractivity contribution in [3.05, 3.63) is 66.5 Å². The van der Waals surface area contributed by atoms with Crippen LogP contribution in [0.1, 0.15) is 18.4 Å². The highest BCUT2D eigenvalue weighted by Crippen LogP contribution is 2.30. The van der Waals surface area contributed by atoms with E-state index in [2.05, 4.69) is 25.2 Å². The van der Waals surface area contributed by atoms with Gasteiger partial charge in [0.15, 0.2) is 5.13 Å². The minimum absolute atomic E-state index is 0.0141. The summed E-state index contributed by atoms with van der Waals surface area (Å²) in [7, 11) is 0. The zero-order valence-electron chi connectivity index (χ0n) is 17.3. The Hall–Kier alpha value is -3.32. The molecule has 0 unspecified atom stereocenters. The first-order valence-electron chi connectivity index (χ1n) is 10.5. The van der Waals surface area contributed by atoms with E-state index < -0.39 is 0 Å². The van der Waals surface area contributed by atoms with Crippen LogP contribution in [0.4, 0.5) is 10.9 Å². The number of hydrogen-bond acceptors (Lipinski definition) is 6. The minimum Gasteiger partial charge on any atom is -0.356 e. The number of carbonyl (C=O) groups excluding carboxylic acids is 1. The number of fused-ring (bicyclic) bond motifs is 1. The molecule has 1 aliphatic rings. The van der Waals surface area contributed by atoms with E-state index in [-0.39, 0.29) is 11.8 Å². The standard InChI is InChI=1S/C24H23N5OS/c1-16-6-5-9-20-22(16)27-24(31-20)28-23(30)18-10-12-29(13-11-18)21-14-19(25-15-26-21)17-7-3-2-4-8-17/h2-9,14-15,18H,10-13H2,1H3,(H,27,28,30). The average Bonchev–Trinajstić information content (AvgIpc) is 3.24. The normalized spacial score (nSPS) is 14.7. The first-order chi connectivity index (χ1) is 15.2. The summed E-state index contributed by atoms with van der Waals surface area (Å²) in [6, 6.07) is 18.2. The zero-order valence-corrected chi connectivity index (χ0v) is 18.1. The first kappa shape index (κ1) is 19.6. The third-order valence-corrected chi connectivity index (χ3v) is 6.70. The van der Waals surface area contributed by atoms with Gasteiger partial charge in [-0.1, -0.05) is 53.8 Å². The number of piperidine rings is 1.